The van der Waals surface area contributed by atoms with Gasteiger partial charge in [-0.25, -0.2) is 0 Å². The van der Waals surface area contributed by atoms with Crippen LogP contribution in [0.4, 0.5) is 0 Å². The molecule has 1 heterocycles. The Balaban J connectivity index is 2.14. The highest BCUT2D eigenvalue weighted by Gasteiger charge is 2.00. The van der Waals surface area contributed by atoms with Gasteiger partial charge >= 0.3 is 0 Å². The molecule has 1 rings (SSSR count). The maximum absolute atomic E-state index is 5.34. The summed E-state index contributed by atoms with van der Waals surface area (Å²) in [5.41, 5.74) is 0. The van der Waals surface area contributed by atoms with Crippen molar-refractivity contribution in [3.05, 3.63) is 24.2 Å². The lowest BCUT2D eigenvalue weighted by atomic mass is 10.2. The van der Waals surface area contributed by atoms with E-state index < -0.39 is 0 Å². The summed E-state index contributed by atoms with van der Waals surface area (Å²) >= 11 is 1.93. The molecule has 0 saturated heterocycles. The molecule has 0 atom stereocenters. The van der Waals surface area contributed by atoms with E-state index in [0.29, 0.717) is 0 Å². The second-order valence-corrected chi connectivity index (χ2v) is 6.31. The predicted molar refractivity (Wildman–Crippen MR) is 97.9 cm³/mol. The second kappa shape index (κ2) is 13.6. The van der Waals surface area contributed by atoms with Gasteiger partial charge < -0.3 is 15.1 Å². The van der Waals surface area contributed by atoms with Crippen molar-refractivity contribution in [2.45, 2.75) is 45.4 Å². The molecule has 0 aromatic carbocycles. The molecule has 126 valence electrons. The first kappa shape index (κ1) is 18.9. The van der Waals surface area contributed by atoms with E-state index in [2.05, 4.69) is 28.8 Å². The molecular weight excluding hydrogens is 294 g/mol. The van der Waals surface area contributed by atoms with Gasteiger partial charge in [0, 0.05) is 26.1 Å². The second-order valence-electron chi connectivity index (χ2n) is 5.32. The molecule has 0 aliphatic heterocycles. The number of hydrogen-bond donors (Lipinski definition) is 2. The molecule has 0 amide bonds. The highest BCUT2D eigenvalue weighted by Crippen LogP contribution is 2.04. The third-order valence-electron chi connectivity index (χ3n) is 3.31. The van der Waals surface area contributed by atoms with Crippen LogP contribution in [0.25, 0.3) is 0 Å². The molecule has 0 saturated carbocycles. The van der Waals surface area contributed by atoms with Gasteiger partial charge in [-0.05, 0) is 43.4 Å². The zero-order chi connectivity index (χ0) is 15.9. The lowest BCUT2D eigenvalue weighted by molar-refractivity contribution is 0.506. The summed E-state index contributed by atoms with van der Waals surface area (Å²) in [5.74, 6) is 3.22. The van der Waals surface area contributed by atoms with E-state index in [9.17, 15) is 0 Å². The molecule has 2 N–H and O–H groups in total. The lowest BCUT2D eigenvalue weighted by Gasteiger charge is -2.12. The lowest BCUT2D eigenvalue weighted by Crippen LogP contribution is -2.39. The van der Waals surface area contributed by atoms with E-state index in [0.717, 1.165) is 44.2 Å². The summed E-state index contributed by atoms with van der Waals surface area (Å²) in [6.45, 7) is 4.85. The highest BCUT2D eigenvalue weighted by molar-refractivity contribution is 7.98. The average Bonchev–Trinajstić information content (AvgIpc) is 3.04. The van der Waals surface area contributed by atoms with Crippen molar-refractivity contribution >= 4 is 17.7 Å². The summed E-state index contributed by atoms with van der Waals surface area (Å²) in [5, 5.41) is 6.81. The molecule has 0 radical (unpaired) electrons. The summed E-state index contributed by atoms with van der Waals surface area (Å²) in [4.78, 5) is 4.57. The average molecular weight is 326 g/mol. The van der Waals surface area contributed by atoms with Crippen LogP contribution < -0.4 is 10.6 Å². The van der Waals surface area contributed by atoms with E-state index in [1.807, 2.05) is 23.9 Å². The van der Waals surface area contributed by atoms with Gasteiger partial charge in [0.15, 0.2) is 5.96 Å². The van der Waals surface area contributed by atoms with Crippen LogP contribution in [0.15, 0.2) is 27.8 Å². The largest absolute Gasteiger partial charge is 0.469 e. The minimum Gasteiger partial charge on any atom is -0.469 e. The van der Waals surface area contributed by atoms with Crippen molar-refractivity contribution in [1.82, 2.24) is 10.6 Å². The van der Waals surface area contributed by atoms with Crippen LogP contribution >= 0.6 is 11.8 Å². The molecule has 0 bridgehead atoms. The minimum absolute atomic E-state index is 0.844. The number of rotatable bonds is 12. The fourth-order valence-electron chi connectivity index (χ4n) is 2.09. The smallest absolute Gasteiger partial charge is 0.191 e. The van der Waals surface area contributed by atoms with Crippen molar-refractivity contribution in [1.29, 1.82) is 0 Å². The quantitative estimate of drug-likeness (QED) is 0.349. The number of aliphatic imine (C=N–C) groups is 1. The number of furan rings is 1. The Morgan fingerprint density at radius 2 is 2.00 bits per heavy atom. The maximum Gasteiger partial charge on any atom is 0.191 e. The van der Waals surface area contributed by atoms with Crippen LogP contribution in [-0.4, -0.2) is 37.6 Å². The van der Waals surface area contributed by atoms with E-state index in [1.54, 1.807) is 6.26 Å². The molecule has 0 unspecified atom stereocenters. The topological polar surface area (TPSA) is 49.6 Å². The molecule has 0 aliphatic rings. The Morgan fingerprint density at radius 3 is 2.73 bits per heavy atom. The first-order chi connectivity index (χ1) is 10.9. The van der Waals surface area contributed by atoms with E-state index in [4.69, 9.17) is 4.42 Å². The zero-order valence-electron chi connectivity index (χ0n) is 14.1. The summed E-state index contributed by atoms with van der Waals surface area (Å²) in [6.07, 6.45) is 11.0. The summed E-state index contributed by atoms with van der Waals surface area (Å²) < 4.78 is 5.34. The normalized spacial score (nSPS) is 11.6. The van der Waals surface area contributed by atoms with Crippen LogP contribution in [0.3, 0.4) is 0 Å². The van der Waals surface area contributed by atoms with Gasteiger partial charge in [0.05, 0.1) is 6.26 Å². The van der Waals surface area contributed by atoms with Crippen LogP contribution in [0.5, 0.6) is 0 Å². The Hall–Kier alpha value is -1.10. The molecule has 0 fully saturated rings. The Kier molecular flexibility index (Phi) is 11.7. The molecule has 4 nitrogen and oxygen atoms in total. The van der Waals surface area contributed by atoms with Crippen LogP contribution in [0, 0.1) is 0 Å². The fourth-order valence-corrected chi connectivity index (χ4v) is 2.58. The Morgan fingerprint density at radius 1 is 1.18 bits per heavy atom. The number of thioether (sulfide) groups is 1. The number of unbranched alkanes of at least 4 members (excludes halogenated alkanes) is 3. The third-order valence-corrected chi connectivity index (χ3v) is 4.00. The number of nitrogens with one attached hydrogen (secondary N) is 2. The highest BCUT2D eigenvalue weighted by atomic mass is 32.2. The predicted octanol–water partition coefficient (Wildman–Crippen LogP) is 3.69. The summed E-state index contributed by atoms with van der Waals surface area (Å²) in [6, 6.07) is 3.93. The number of nitrogens with zero attached hydrogens (tertiary/aromatic N) is 1. The van der Waals surface area contributed by atoms with Crippen molar-refractivity contribution in [2.24, 2.45) is 4.99 Å². The molecular formula is C17H31N3OS. The van der Waals surface area contributed by atoms with Gasteiger partial charge in [-0.1, -0.05) is 19.8 Å². The Labute approximate surface area is 139 Å². The van der Waals surface area contributed by atoms with E-state index in [-0.39, 0.29) is 0 Å². The van der Waals surface area contributed by atoms with Gasteiger partial charge in [-0.2, -0.15) is 11.8 Å². The van der Waals surface area contributed by atoms with Gasteiger partial charge in [-0.15, -0.1) is 0 Å². The molecule has 0 aliphatic carbocycles. The minimum atomic E-state index is 0.844. The number of hydrogen-bond acceptors (Lipinski definition) is 3. The van der Waals surface area contributed by atoms with Crippen molar-refractivity contribution in [2.75, 3.05) is 31.6 Å². The maximum atomic E-state index is 5.34. The van der Waals surface area contributed by atoms with E-state index >= 15 is 0 Å². The monoisotopic (exact) mass is 325 g/mol. The molecule has 0 spiro atoms. The van der Waals surface area contributed by atoms with Crippen LogP contribution in [0.1, 0.15) is 44.8 Å². The van der Waals surface area contributed by atoms with Gasteiger partial charge in [0.25, 0.3) is 0 Å². The molecule has 5 heteroatoms. The van der Waals surface area contributed by atoms with E-state index in [1.165, 1.54) is 31.4 Å². The van der Waals surface area contributed by atoms with Crippen LogP contribution in [-0.2, 0) is 6.42 Å². The van der Waals surface area contributed by atoms with Gasteiger partial charge in [0.1, 0.15) is 5.76 Å². The zero-order valence-corrected chi connectivity index (χ0v) is 14.9. The summed E-state index contributed by atoms with van der Waals surface area (Å²) in [7, 11) is 0. The van der Waals surface area contributed by atoms with Crippen molar-refractivity contribution < 1.29 is 4.42 Å². The molecule has 1 aromatic heterocycles. The van der Waals surface area contributed by atoms with Crippen molar-refractivity contribution in [3.8, 4) is 0 Å². The van der Waals surface area contributed by atoms with Crippen molar-refractivity contribution in [3.63, 3.8) is 0 Å². The van der Waals surface area contributed by atoms with Crippen LogP contribution in [0.2, 0.25) is 0 Å². The first-order valence-electron chi connectivity index (χ1n) is 8.40. The SMILES string of the molecule is CCCN=C(NCCCCCCSC)NCCc1ccco1. The molecule has 22 heavy (non-hydrogen) atoms. The fraction of sp³-hybridized carbons (Fsp3) is 0.706. The Bertz CT molecular complexity index is 379. The standard InChI is InChI=1S/C17H31N3OS/c1-3-11-18-17(19-12-6-4-5-7-15-22-2)20-13-10-16-9-8-14-21-16/h8-9,14H,3-7,10-13,15H2,1-2H3,(H2,18,19,20). The number of guanidine groups is 1. The van der Waals surface area contributed by atoms with Gasteiger partial charge in [0.2, 0.25) is 0 Å². The third kappa shape index (κ3) is 9.77. The molecule has 1 aromatic rings. The first-order valence-corrected chi connectivity index (χ1v) is 9.79. The van der Waals surface area contributed by atoms with Gasteiger partial charge in [-0.3, -0.25) is 4.99 Å².